The maximum absolute atomic E-state index is 10.7. The maximum Gasteiger partial charge on any atom is 0.183 e. The lowest BCUT2D eigenvalue weighted by molar-refractivity contribution is -0.606. The Hall–Kier alpha value is -3.92. The lowest BCUT2D eigenvalue weighted by Gasteiger charge is -2.34. The average Bonchev–Trinajstić information content (AvgIpc) is 3.79. The van der Waals surface area contributed by atoms with Gasteiger partial charge in [0.15, 0.2) is 24.8 Å². The molecular formula is C53H89N7O2. The lowest BCUT2D eigenvalue weighted by Crippen LogP contribution is -2.41. The number of hydrogen-bond acceptors (Lipinski definition) is 7. The molecule has 4 aromatic heterocycles. The van der Waals surface area contributed by atoms with E-state index < -0.39 is 0 Å². The van der Waals surface area contributed by atoms with Crippen molar-refractivity contribution in [2.75, 3.05) is 39.3 Å². The van der Waals surface area contributed by atoms with Gasteiger partial charge < -0.3 is 25.1 Å². The molecule has 0 aromatic carbocycles. The number of piperidine rings is 1. The van der Waals surface area contributed by atoms with E-state index in [0.29, 0.717) is 23.7 Å². The van der Waals surface area contributed by atoms with E-state index in [1.54, 1.807) is 18.5 Å². The molecule has 0 aliphatic carbocycles. The van der Waals surface area contributed by atoms with Gasteiger partial charge in [-0.05, 0) is 172 Å². The summed E-state index contributed by atoms with van der Waals surface area (Å²) in [7, 11) is 0. The molecule has 348 valence electrons. The van der Waals surface area contributed by atoms with Crippen LogP contribution in [-0.4, -0.2) is 82.1 Å². The topological polar surface area (TPSA) is 89.4 Å². The molecule has 3 aliphatic heterocycles. The highest BCUT2D eigenvalue weighted by Gasteiger charge is 2.16. The second-order valence-corrected chi connectivity index (χ2v) is 18.7. The Labute approximate surface area is 380 Å². The number of hydrogen-bond donors (Lipinski definition) is 0. The monoisotopic (exact) mass is 856 g/mol. The Morgan fingerprint density at radius 3 is 1.19 bits per heavy atom. The smallest absolute Gasteiger partial charge is 0.183 e. The van der Waals surface area contributed by atoms with Gasteiger partial charge in [-0.15, -0.1) is 0 Å². The zero-order valence-corrected chi connectivity index (χ0v) is 41.7. The summed E-state index contributed by atoms with van der Waals surface area (Å²) >= 11 is 0. The first kappa shape index (κ1) is 56.1. The van der Waals surface area contributed by atoms with Gasteiger partial charge in [-0.1, -0.05) is 73.9 Å². The van der Waals surface area contributed by atoms with Crippen LogP contribution in [0.3, 0.4) is 0 Å². The first-order valence-electron chi connectivity index (χ1n) is 23.8. The van der Waals surface area contributed by atoms with Crippen molar-refractivity contribution in [3.8, 4) is 0 Å². The summed E-state index contributed by atoms with van der Waals surface area (Å²) in [5.74, 6) is 2.08. The Morgan fingerprint density at radius 1 is 0.435 bits per heavy atom. The van der Waals surface area contributed by atoms with Crippen LogP contribution in [0.4, 0.5) is 0 Å². The molecular weight excluding hydrogens is 767 g/mol. The van der Waals surface area contributed by atoms with Crippen molar-refractivity contribution in [3.05, 3.63) is 131 Å². The van der Waals surface area contributed by atoms with Gasteiger partial charge in [0.05, 0.1) is 0 Å². The molecule has 0 unspecified atom stereocenters. The van der Waals surface area contributed by atoms with E-state index in [1.165, 1.54) is 108 Å². The van der Waals surface area contributed by atoms with E-state index in [2.05, 4.69) is 128 Å². The minimum absolute atomic E-state index is 0.432. The second-order valence-electron chi connectivity index (χ2n) is 18.7. The average molecular weight is 856 g/mol. The third kappa shape index (κ3) is 25.9. The summed E-state index contributed by atoms with van der Waals surface area (Å²) in [6.45, 7) is 38.5. The first-order valence-corrected chi connectivity index (χ1v) is 23.8. The zero-order valence-electron chi connectivity index (χ0n) is 41.7. The fraction of sp³-hybridized carbons (Fsp3) is 0.623. The van der Waals surface area contributed by atoms with Crippen molar-refractivity contribution < 1.29 is 9.46 Å². The molecule has 0 bridgehead atoms. The van der Waals surface area contributed by atoms with E-state index >= 15 is 0 Å². The van der Waals surface area contributed by atoms with Crippen LogP contribution in [0.25, 0.3) is 0 Å². The van der Waals surface area contributed by atoms with E-state index in [9.17, 15) is 10.4 Å². The summed E-state index contributed by atoms with van der Waals surface area (Å²) in [4.78, 5) is 15.7. The molecule has 0 amide bonds. The normalized spacial score (nSPS) is 15.1. The fourth-order valence-corrected chi connectivity index (χ4v) is 6.61. The van der Waals surface area contributed by atoms with Gasteiger partial charge in [0, 0.05) is 66.2 Å². The number of nitrogens with zero attached hydrogens (tertiary/aromatic N) is 7. The molecule has 3 saturated heterocycles. The molecule has 4 aromatic rings. The Balaban J connectivity index is 0.000000363. The Bertz CT molecular complexity index is 1570. The highest BCUT2D eigenvalue weighted by Crippen LogP contribution is 2.14. The van der Waals surface area contributed by atoms with Crippen LogP contribution >= 0.6 is 0 Å². The fourth-order valence-electron chi connectivity index (χ4n) is 6.61. The predicted molar refractivity (Wildman–Crippen MR) is 263 cm³/mol. The summed E-state index contributed by atoms with van der Waals surface area (Å²) in [5.41, 5.74) is 4.75. The summed E-state index contributed by atoms with van der Waals surface area (Å²) in [5, 5.41) is 21.3. The van der Waals surface area contributed by atoms with E-state index in [4.69, 9.17) is 0 Å². The molecule has 62 heavy (non-hydrogen) atoms. The predicted octanol–water partition coefficient (Wildman–Crippen LogP) is 11.8. The third-order valence-corrected chi connectivity index (χ3v) is 11.2. The SMILES string of the molecule is CC(C)N1CCC1.CC(C)N1CCCC1.CC(C)N1CCCCC1.CC(C)c1cc[n+]([O-])cc1.CC(C)c1ccc[n+]([O-])c1.CC(C)c1ccccn1.CC(C)c1cccnc1. The summed E-state index contributed by atoms with van der Waals surface area (Å²) < 4.78 is 1.63. The van der Waals surface area contributed by atoms with Gasteiger partial charge in [-0.25, -0.2) is 0 Å². The minimum Gasteiger partial charge on any atom is -0.619 e. The number of rotatable bonds is 7. The van der Waals surface area contributed by atoms with Crippen LogP contribution in [-0.2, 0) is 0 Å². The highest BCUT2D eigenvalue weighted by molar-refractivity contribution is 5.13. The van der Waals surface area contributed by atoms with Crippen molar-refractivity contribution >= 4 is 0 Å². The highest BCUT2D eigenvalue weighted by atomic mass is 16.5. The molecule has 0 N–H and O–H groups in total. The molecule has 7 rings (SSSR count). The molecule has 7 heterocycles. The molecule has 0 spiro atoms. The Morgan fingerprint density at radius 2 is 0.903 bits per heavy atom. The van der Waals surface area contributed by atoms with Crippen LogP contribution in [0, 0.1) is 10.4 Å². The molecule has 3 fully saturated rings. The van der Waals surface area contributed by atoms with Crippen LogP contribution in [0.2, 0.25) is 0 Å². The van der Waals surface area contributed by atoms with Crippen LogP contribution < -0.4 is 9.46 Å². The van der Waals surface area contributed by atoms with Gasteiger partial charge >= 0.3 is 0 Å². The molecule has 3 aliphatic rings. The van der Waals surface area contributed by atoms with Gasteiger partial charge in [-0.3, -0.25) is 9.97 Å². The van der Waals surface area contributed by atoms with Crippen LogP contribution in [0.15, 0.2) is 98.0 Å². The van der Waals surface area contributed by atoms with Gasteiger partial charge in [0.1, 0.15) is 0 Å². The molecule has 0 atom stereocenters. The standard InChI is InChI=1S/2C8H11NO.C8H11N.C8H17N.C8H11N.C7H15N.C6H13N/c1-7(2)8-3-5-9(10)6-4-8;1-7(2)8-4-3-5-9(10)6-8;1-7(2)8-4-3-5-9-6-8;1-8(2)9-6-4-3-5-7-9;1-7(2)8-5-3-4-6-9-8;1-7(2)8-5-3-4-6-8;1-6(2)7-4-3-5-7/h2*3-7H,1-2H3;3-7H,1-2H3;8H,3-7H2,1-2H3;3-7H,1-2H3;7H,3-6H2,1-2H3;6H,3-5H2,1-2H3. The van der Waals surface area contributed by atoms with E-state index in [-0.39, 0.29) is 0 Å². The summed E-state index contributed by atoms with van der Waals surface area (Å²) in [6.07, 6.45) is 20.2. The quantitative estimate of drug-likeness (QED) is 0.135. The number of likely N-dealkylation sites (tertiary alicyclic amines) is 3. The molecule has 9 nitrogen and oxygen atoms in total. The van der Waals surface area contributed by atoms with Crippen molar-refractivity contribution in [1.82, 2.24) is 24.7 Å². The molecule has 0 saturated carbocycles. The molecule has 0 radical (unpaired) electrons. The largest absolute Gasteiger partial charge is 0.619 e. The van der Waals surface area contributed by atoms with Crippen molar-refractivity contribution in [3.63, 3.8) is 0 Å². The first-order chi connectivity index (χ1) is 29.4. The number of pyridine rings is 4. The van der Waals surface area contributed by atoms with Crippen molar-refractivity contribution in [2.24, 2.45) is 0 Å². The second kappa shape index (κ2) is 32.7. The lowest BCUT2D eigenvalue weighted by atomic mass is 10.1. The maximum atomic E-state index is 10.7. The van der Waals surface area contributed by atoms with E-state index in [0.717, 1.165) is 38.8 Å². The molecule has 9 heteroatoms. The van der Waals surface area contributed by atoms with Crippen molar-refractivity contribution in [2.45, 2.75) is 177 Å². The van der Waals surface area contributed by atoms with Gasteiger partial charge in [0.25, 0.3) is 0 Å². The zero-order chi connectivity index (χ0) is 46.5. The minimum atomic E-state index is 0.432. The van der Waals surface area contributed by atoms with Gasteiger partial charge in [-0.2, -0.15) is 9.46 Å². The number of aromatic nitrogens is 4. The summed E-state index contributed by atoms with van der Waals surface area (Å²) in [6, 6.07) is 19.8. The van der Waals surface area contributed by atoms with Gasteiger partial charge in [0.2, 0.25) is 0 Å². The third-order valence-electron chi connectivity index (χ3n) is 11.2. The van der Waals surface area contributed by atoms with Crippen LogP contribution in [0.5, 0.6) is 0 Å². The van der Waals surface area contributed by atoms with Crippen molar-refractivity contribution in [1.29, 1.82) is 0 Å². The van der Waals surface area contributed by atoms with E-state index in [1.807, 2.05) is 54.9 Å². The Kier molecular flexibility index (Phi) is 29.6. The van der Waals surface area contributed by atoms with Crippen LogP contribution in [0.1, 0.15) is 182 Å².